The molecule has 124 valence electrons. The van der Waals surface area contributed by atoms with Crippen LogP contribution in [0.15, 0.2) is 40.2 Å². The van der Waals surface area contributed by atoms with Crippen molar-refractivity contribution in [2.24, 2.45) is 0 Å². The third-order valence-corrected chi connectivity index (χ3v) is 5.48. The fourth-order valence-electron chi connectivity index (χ4n) is 2.55. The number of amides is 3. The highest BCUT2D eigenvalue weighted by atomic mass is 79.9. The molecular formula is C15H12BrN3O4S. The minimum Gasteiger partial charge on any atom is -0.319 e. The van der Waals surface area contributed by atoms with Gasteiger partial charge >= 0.3 is 6.03 Å². The molecule has 24 heavy (non-hydrogen) atoms. The molecule has 1 atom stereocenters. The van der Waals surface area contributed by atoms with Gasteiger partial charge in [-0.1, -0.05) is 0 Å². The lowest BCUT2D eigenvalue weighted by atomic mass is 9.92. The topological polar surface area (TPSA) is 92.6 Å². The lowest BCUT2D eigenvalue weighted by molar-refractivity contribution is -0.384. The Bertz CT molecular complexity index is 835. The van der Waals surface area contributed by atoms with Crippen LogP contribution in [-0.2, 0) is 16.9 Å². The summed E-state index contributed by atoms with van der Waals surface area (Å²) in [5.41, 5.74) is -0.804. The molecule has 0 bridgehead atoms. The molecular weight excluding hydrogens is 398 g/mol. The summed E-state index contributed by atoms with van der Waals surface area (Å²) in [5.74, 6) is -0.383. The second-order valence-electron chi connectivity index (χ2n) is 5.46. The molecule has 1 saturated heterocycles. The number of benzene rings is 1. The number of hydrogen-bond donors (Lipinski definition) is 1. The summed E-state index contributed by atoms with van der Waals surface area (Å²) >= 11 is 4.80. The molecule has 9 heteroatoms. The van der Waals surface area contributed by atoms with Crippen LogP contribution in [0.5, 0.6) is 0 Å². The molecule has 0 radical (unpaired) electrons. The molecule has 0 spiro atoms. The van der Waals surface area contributed by atoms with E-state index in [4.69, 9.17) is 0 Å². The van der Waals surface area contributed by atoms with Gasteiger partial charge in [0.05, 0.1) is 15.3 Å². The van der Waals surface area contributed by atoms with Crippen LogP contribution >= 0.6 is 27.3 Å². The number of carbonyl (C=O) groups excluding carboxylic acids is 2. The number of urea groups is 1. The minimum atomic E-state index is -1.24. The fraction of sp³-hybridized carbons (Fsp3) is 0.200. The highest BCUT2D eigenvalue weighted by Crippen LogP contribution is 2.32. The van der Waals surface area contributed by atoms with Crippen LogP contribution in [0, 0.1) is 10.1 Å². The van der Waals surface area contributed by atoms with Crippen LogP contribution < -0.4 is 5.32 Å². The second kappa shape index (κ2) is 5.99. The largest absolute Gasteiger partial charge is 0.325 e. The molecule has 2 heterocycles. The first-order valence-corrected chi connectivity index (χ1v) is 8.55. The highest BCUT2D eigenvalue weighted by Gasteiger charge is 2.49. The van der Waals surface area contributed by atoms with Gasteiger partial charge in [-0.25, -0.2) is 4.79 Å². The molecule has 0 saturated carbocycles. The smallest absolute Gasteiger partial charge is 0.319 e. The van der Waals surface area contributed by atoms with Gasteiger partial charge < -0.3 is 5.32 Å². The van der Waals surface area contributed by atoms with Gasteiger partial charge in [0, 0.05) is 17.0 Å². The number of carbonyl (C=O) groups is 2. The Labute approximate surface area is 149 Å². The molecule has 1 aromatic heterocycles. The summed E-state index contributed by atoms with van der Waals surface area (Å²) < 4.78 is 0.919. The van der Waals surface area contributed by atoms with E-state index < -0.39 is 16.5 Å². The monoisotopic (exact) mass is 409 g/mol. The number of halogens is 1. The molecule has 1 aliphatic heterocycles. The van der Waals surface area contributed by atoms with E-state index in [-0.39, 0.29) is 18.1 Å². The van der Waals surface area contributed by atoms with Gasteiger partial charge in [-0.3, -0.25) is 19.8 Å². The van der Waals surface area contributed by atoms with Crippen LogP contribution in [0.1, 0.15) is 17.4 Å². The quantitative estimate of drug-likeness (QED) is 0.475. The number of nitrogens with zero attached hydrogens (tertiary/aromatic N) is 2. The summed E-state index contributed by atoms with van der Waals surface area (Å²) in [6.07, 6.45) is 0. The fourth-order valence-corrected chi connectivity index (χ4v) is 4.02. The third-order valence-electron chi connectivity index (χ3n) is 3.87. The summed E-state index contributed by atoms with van der Waals surface area (Å²) in [4.78, 5) is 37.3. The van der Waals surface area contributed by atoms with Crippen molar-refractivity contribution in [3.8, 4) is 0 Å². The van der Waals surface area contributed by atoms with Crippen molar-refractivity contribution in [3.63, 3.8) is 0 Å². The molecule has 1 unspecified atom stereocenters. The number of hydrogen-bond acceptors (Lipinski definition) is 5. The average molecular weight is 410 g/mol. The minimum absolute atomic E-state index is 0.0700. The average Bonchev–Trinajstić information content (AvgIpc) is 3.05. The van der Waals surface area contributed by atoms with Crippen LogP contribution in [0.25, 0.3) is 0 Å². The Kier molecular flexibility index (Phi) is 4.14. The summed E-state index contributed by atoms with van der Waals surface area (Å²) in [6, 6.07) is 8.83. The Morgan fingerprint density at radius 2 is 1.92 bits per heavy atom. The van der Waals surface area contributed by atoms with Crippen LogP contribution in [0.2, 0.25) is 0 Å². The van der Waals surface area contributed by atoms with Gasteiger partial charge in [0.25, 0.3) is 11.6 Å². The summed E-state index contributed by atoms with van der Waals surface area (Å²) in [7, 11) is 0. The number of thiophene rings is 1. The van der Waals surface area contributed by atoms with E-state index in [9.17, 15) is 19.7 Å². The maximum absolute atomic E-state index is 12.8. The second-order valence-corrected chi connectivity index (χ2v) is 8.00. The van der Waals surface area contributed by atoms with Gasteiger partial charge in [0.15, 0.2) is 0 Å². The predicted molar refractivity (Wildman–Crippen MR) is 91.5 cm³/mol. The number of rotatable bonds is 4. The maximum atomic E-state index is 12.8. The van der Waals surface area contributed by atoms with E-state index in [1.54, 1.807) is 6.92 Å². The number of nitro groups is 1. The zero-order valence-corrected chi connectivity index (χ0v) is 14.9. The van der Waals surface area contributed by atoms with Crippen molar-refractivity contribution in [2.75, 3.05) is 0 Å². The van der Waals surface area contributed by atoms with Crippen molar-refractivity contribution in [1.29, 1.82) is 0 Å². The molecule has 1 fully saturated rings. The van der Waals surface area contributed by atoms with Gasteiger partial charge in [-0.15, -0.1) is 11.3 Å². The maximum Gasteiger partial charge on any atom is 0.325 e. The molecule has 1 N–H and O–H groups in total. The van der Waals surface area contributed by atoms with E-state index in [0.717, 1.165) is 13.6 Å². The van der Waals surface area contributed by atoms with Gasteiger partial charge in [-0.2, -0.15) is 0 Å². The number of nitrogens with one attached hydrogen (secondary N) is 1. The van der Waals surface area contributed by atoms with Crippen LogP contribution in [0.4, 0.5) is 10.5 Å². The van der Waals surface area contributed by atoms with Crippen molar-refractivity contribution in [2.45, 2.75) is 19.0 Å². The first-order chi connectivity index (χ1) is 11.3. The van der Waals surface area contributed by atoms with Crippen LogP contribution in [-0.4, -0.2) is 21.8 Å². The van der Waals surface area contributed by atoms with Gasteiger partial charge in [0.1, 0.15) is 5.54 Å². The molecule has 2 aromatic rings. The lowest BCUT2D eigenvalue weighted by Crippen LogP contribution is -2.40. The standard InChI is InChI=1S/C15H12BrN3O4S/c1-15(9-2-4-10(5-3-9)19(22)23)13(20)18(14(21)17-15)8-11-6-7-12(16)24-11/h2-7H,8H2,1H3,(H,17,21). The number of nitro benzene ring substituents is 1. The first-order valence-electron chi connectivity index (χ1n) is 6.94. The molecule has 3 rings (SSSR count). The number of imide groups is 1. The van der Waals surface area contributed by atoms with Gasteiger partial charge in [-0.05, 0) is 52.7 Å². The molecule has 7 nitrogen and oxygen atoms in total. The predicted octanol–water partition coefficient (Wildman–Crippen LogP) is 3.39. The Morgan fingerprint density at radius 1 is 1.25 bits per heavy atom. The van der Waals surface area contributed by atoms with E-state index >= 15 is 0 Å². The Morgan fingerprint density at radius 3 is 2.46 bits per heavy atom. The summed E-state index contributed by atoms with van der Waals surface area (Å²) in [6.45, 7) is 1.78. The van der Waals surface area contributed by atoms with Crippen molar-refractivity contribution >= 4 is 44.9 Å². The van der Waals surface area contributed by atoms with Crippen molar-refractivity contribution < 1.29 is 14.5 Å². The first kappa shape index (κ1) is 16.6. The van der Waals surface area contributed by atoms with E-state index in [1.165, 1.54) is 35.6 Å². The van der Waals surface area contributed by atoms with Crippen LogP contribution in [0.3, 0.4) is 0 Å². The lowest BCUT2D eigenvalue weighted by Gasteiger charge is -2.22. The molecule has 1 aromatic carbocycles. The van der Waals surface area contributed by atoms with Crippen molar-refractivity contribution in [3.05, 3.63) is 60.7 Å². The third kappa shape index (κ3) is 2.80. The summed E-state index contributed by atoms with van der Waals surface area (Å²) in [5, 5.41) is 13.4. The van der Waals surface area contributed by atoms with E-state index in [0.29, 0.717) is 5.56 Å². The Balaban J connectivity index is 1.87. The normalized spacial score (nSPS) is 20.3. The zero-order chi connectivity index (χ0) is 17.5. The molecule has 0 aliphatic carbocycles. The Hall–Kier alpha value is -2.26. The molecule has 3 amide bonds. The van der Waals surface area contributed by atoms with Gasteiger partial charge in [0.2, 0.25) is 0 Å². The highest BCUT2D eigenvalue weighted by molar-refractivity contribution is 9.11. The number of non-ortho nitro benzene ring substituents is 1. The van der Waals surface area contributed by atoms with E-state index in [2.05, 4.69) is 21.2 Å². The van der Waals surface area contributed by atoms with Crippen molar-refractivity contribution in [1.82, 2.24) is 10.2 Å². The SMILES string of the molecule is CC1(c2ccc([N+](=O)[O-])cc2)NC(=O)N(Cc2ccc(Br)s2)C1=O. The molecule has 1 aliphatic rings. The van der Waals surface area contributed by atoms with E-state index in [1.807, 2.05) is 12.1 Å². The zero-order valence-electron chi connectivity index (χ0n) is 12.5.